The molecule has 1 aromatic carbocycles. The summed E-state index contributed by atoms with van der Waals surface area (Å²) in [5.74, 6) is -0.474. The van der Waals surface area contributed by atoms with E-state index in [4.69, 9.17) is 5.26 Å². The van der Waals surface area contributed by atoms with Gasteiger partial charge in [-0.2, -0.15) is 5.26 Å². The molecule has 1 rings (SSSR count). The van der Waals surface area contributed by atoms with Crippen LogP contribution in [0.4, 0.5) is 0 Å². The lowest BCUT2D eigenvalue weighted by molar-refractivity contribution is 0.0600. The van der Waals surface area contributed by atoms with Crippen LogP contribution in [0.25, 0.3) is 0 Å². The largest absolute Gasteiger partial charge is 0.465 e. The third-order valence-electron chi connectivity index (χ3n) is 1.57. The van der Waals surface area contributed by atoms with Crippen LogP contribution < -0.4 is 0 Å². The van der Waals surface area contributed by atoms with Crippen LogP contribution in [0.15, 0.2) is 12.1 Å². The quantitative estimate of drug-likeness (QED) is 0.526. The van der Waals surface area contributed by atoms with Crippen LogP contribution in [0, 0.1) is 18.5 Å². The summed E-state index contributed by atoms with van der Waals surface area (Å²) in [6.07, 6.45) is 0. The molecule has 1 aromatic rings. The van der Waals surface area contributed by atoms with Crippen molar-refractivity contribution in [2.75, 3.05) is 7.11 Å². The summed E-state index contributed by atoms with van der Waals surface area (Å²) in [6, 6.07) is 5.48. The van der Waals surface area contributed by atoms with Gasteiger partial charge in [-0.15, -0.1) is 0 Å². The Kier molecular flexibility index (Phi) is 4.12. The summed E-state index contributed by atoms with van der Waals surface area (Å²) in [6.45, 7) is 0. The number of methoxy groups -OCH3 is 1. The normalized spacial score (nSPS) is 9.29. The van der Waals surface area contributed by atoms with E-state index < -0.39 is 5.97 Å². The number of halogens is 2. The summed E-state index contributed by atoms with van der Waals surface area (Å²) >= 11 is 4.12. The smallest absolute Gasteiger partial charge is 0.339 e. The van der Waals surface area contributed by atoms with E-state index in [0.29, 0.717) is 11.1 Å². The highest BCUT2D eigenvalue weighted by Crippen LogP contribution is 2.20. The zero-order valence-corrected chi connectivity index (χ0v) is 11.5. The number of carbonyl (C=O) groups excluding carboxylic acids is 1. The Bertz CT molecular complexity index is 424. The van der Waals surface area contributed by atoms with Crippen molar-refractivity contribution < 1.29 is 9.53 Å². The van der Waals surface area contributed by atoms with Gasteiger partial charge in [0.2, 0.25) is 0 Å². The molecule has 0 bridgehead atoms. The van der Waals surface area contributed by atoms with Crippen molar-refractivity contribution in [2.24, 2.45) is 0 Å². The van der Waals surface area contributed by atoms with Crippen LogP contribution in [0.5, 0.6) is 0 Å². The summed E-state index contributed by atoms with van der Waals surface area (Å²) in [4.78, 5) is 11.3. The van der Waals surface area contributed by atoms with E-state index in [1.165, 1.54) is 7.11 Å². The zero-order valence-electron chi connectivity index (χ0n) is 7.17. The second kappa shape index (κ2) is 4.93. The van der Waals surface area contributed by atoms with Gasteiger partial charge in [0, 0.05) is 7.14 Å². The molecule has 14 heavy (non-hydrogen) atoms. The first-order valence-electron chi connectivity index (χ1n) is 3.57. The van der Waals surface area contributed by atoms with E-state index in [1.807, 2.05) is 34.7 Å². The van der Waals surface area contributed by atoms with E-state index in [0.717, 1.165) is 7.14 Å². The Morgan fingerprint density at radius 1 is 1.50 bits per heavy atom. The molecule has 0 unspecified atom stereocenters. The number of esters is 1. The second-order valence-corrected chi connectivity index (χ2v) is 4.82. The van der Waals surface area contributed by atoms with Gasteiger partial charge in [-0.25, -0.2) is 4.79 Å². The minimum Gasteiger partial charge on any atom is -0.465 e. The molecule has 0 amide bonds. The molecule has 0 radical (unpaired) electrons. The van der Waals surface area contributed by atoms with Crippen molar-refractivity contribution >= 4 is 51.2 Å². The molecule has 0 N–H and O–H groups in total. The van der Waals surface area contributed by atoms with Gasteiger partial charge >= 0.3 is 5.97 Å². The molecule has 0 spiro atoms. The number of ether oxygens (including phenoxy) is 1. The molecular formula is C9H5I2NO2. The fraction of sp³-hybridized carbons (Fsp3) is 0.111. The fourth-order valence-electron chi connectivity index (χ4n) is 0.958. The molecule has 0 aliphatic carbocycles. The highest BCUT2D eigenvalue weighted by atomic mass is 127. The van der Waals surface area contributed by atoms with Gasteiger partial charge in [-0.1, -0.05) is 0 Å². The molecule has 0 aromatic heterocycles. The predicted octanol–water partition coefficient (Wildman–Crippen LogP) is 2.55. The fourth-order valence-corrected chi connectivity index (χ4v) is 2.92. The maximum Gasteiger partial charge on any atom is 0.339 e. The molecule has 0 atom stereocenters. The molecule has 0 saturated carbocycles. The topological polar surface area (TPSA) is 50.1 Å². The van der Waals surface area contributed by atoms with Gasteiger partial charge in [0.15, 0.2) is 0 Å². The Hall–Kier alpha value is -0.360. The van der Waals surface area contributed by atoms with Gasteiger partial charge in [-0.3, -0.25) is 0 Å². The average molecular weight is 413 g/mol. The lowest BCUT2D eigenvalue weighted by Gasteiger charge is -2.04. The number of hydrogen-bond donors (Lipinski definition) is 0. The summed E-state index contributed by atoms with van der Waals surface area (Å²) < 4.78 is 6.26. The maximum atomic E-state index is 11.3. The molecule has 0 aliphatic rings. The lowest BCUT2D eigenvalue weighted by atomic mass is 10.1. The van der Waals surface area contributed by atoms with E-state index in [9.17, 15) is 4.79 Å². The summed E-state index contributed by atoms with van der Waals surface area (Å²) in [5, 5.41) is 8.87. The van der Waals surface area contributed by atoms with Crippen molar-refractivity contribution in [3.8, 4) is 6.07 Å². The Balaban J connectivity index is 3.41. The van der Waals surface area contributed by atoms with Gasteiger partial charge in [0.05, 0.1) is 18.2 Å². The highest BCUT2D eigenvalue weighted by molar-refractivity contribution is 14.1. The second-order valence-electron chi connectivity index (χ2n) is 2.41. The zero-order chi connectivity index (χ0) is 10.7. The number of nitriles is 1. The Morgan fingerprint density at radius 2 is 2.14 bits per heavy atom. The Labute approximate surface area is 109 Å². The maximum absolute atomic E-state index is 11.3. The first-order valence-corrected chi connectivity index (χ1v) is 5.73. The van der Waals surface area contributed by atoms with Crippen molar-refractivity contribution in [1.82, 2.24) is 0 Å². The van der Waals surface area contributed by atoms with Crippen molar-refractivity contribution in [2.45, 2.75) is 0 Å². The van der Waals surface area contributed by atoms with Crippen LogP contribution in [0.3, 0.4) is 0 Å². The molecule has 0 fully saturated rings. The predicted molar refractivity (Wildman–Crippen MR) is 67.9 cm³/mol. The highest BCUT2D eigenvalue weighted by Gasteiger charge is 2.15. The van der Waals surface area contributed by atoms with Crippen LogP contribution in [0.1, 0.15) is 15.9 Å². The van der Waals surface area contributed by atoms with Crippen LogP contribution in [0.2, 0.25) is 0 Å². The van der Waals surface area contributed by atoms with Crippen molar-refractivity contribution in [3.05, 3.63) is 30.4 Å². The standard InChI is InChI=1S/C9H5I2NO2/c1-14-9(13)6-2-5(10)3-8(11)7(6)4-12/h2-3H,1H3. The minimum absolute atomic E-state index is 0.325. The summed E-state index contributed by atoms with van der Waals surface area (Å²) in [5.41, 5.74) is 0.698. The first-order chi connectivity index (χ1) is 6.60. The number of nitrogens with zero attached hydrogens (tertiary/aromatic N) is 1. The lowest BCUT2D eigenvalue weighted by Crippen LogP contribution is -2.06. The van der Waals surface area contributed by atoms with E-state index in [2.05, 4.69) is 27.3 Å². The van der Waals surface area contributed by atoms with E-state index >= 15 is 0 Å². The summed E-state index contributed by atoms with van der Waals surface area (Å²) in [7, 11) is 1.30. The average Bonchev–Trinajstić information content (AvgIpc) is 2.15. The third kappa shape index (κ3) is 2.36. The van der Waals surface area contributed by atoms with Gasteiger partial charge in [0.1, 0.15) is 6.07 Å². The molecule has 0 heterocycles. The van der Waals surface area contributed by atoms with Gasteiger partial charge in [0.25, 0.3) is 0 Å². The van der Waals surface area contributed by atoms with Crippen LogP contribution in [-0.4, -0.2) is 13.1 Å². The third-order valence-corrected chi connectivity index (χ3v) is 3.05. The number of hydrogen-bond acceptors (Lipinski definition) is 3. The van der Waals surface area contributed by atoms with Crippen molar-refractivity contribution in [1.29, 1.82) is 5.26 Å². The van der Waals surface area contributed by atoms with Crippen LogP contribution >= 0.6 is 45.2 Å². The van der Waals surface area contributed by atoms with Gasteiger partial charge in [-0.05, 0) is 57.3 Å². The van der Waals surface area contributed by atoms with E-state index in [-0.39, 0.29) is 0 Å². The minimum atomic E-state index is -0.474. The SMILES string of the molecule is COC(=O)c1cc(I)cc(I)c1C#N. The molecule has 3 nitrogen and oxygen atoms in total. The monoisotopic (exact) mass is 413 g/mol. The number of rotatable bonds is 1. The van der Waals surface area contributed by atoms with Crippen molar-refractivity contribution in [3.63, 3.8) is 0 Å². The molecule has 0 saturated heterocycles. The molecule has 0 aliphatic heterocycles. The molecular weight excluding hydrogens is 408 g/mol. The number of carbonyl (C=O) groups is 1. The van der Waals surface area contributed by atoms with Crippen LogP contribution in [-0.2, 0) is 4.74 Å². The Morgan fingerprint density at radius 3 is 2.64 bits per heavy atom. The molecule has 72 valence electrons. The first kappa shape index (κ1) is 11.7. The van der Waals surface area contributed by atoms with E-state index in [1.54, 1.807) is 6.07 Å². The number of benzene rings is 1. The van der Waals surface area contributed by atoms with Gasteiger partial charge < -0.3 is 4.74 Å². The molecule has 5 heteroatoms.